The first kappa shape index (κ1) is 17.2. The van der Waals surface area contributed by atoms with E-state index in [4.69, 9.17) is 5.73 Å². The van der Waals surface area contributed by atoms with E-state index in [1.807, 2.05) is 0 Å². The molecule has 0 unspecified atom stereocenters. The van der Waals surface area contributed by atoms with Gasteiger partial charge in [-0.25, -0.2) is 8.42 Å². The maximum atomic E-state index is 11.7. The Labute approximate surface area is 124 Å². The molecule has 6 nitrogen and oxygen atoms in total. The van der Waals surface area contributed by atoms with Crippen LogP contribution in [0.25, 0.3) is 0 Å². The second-order valence-corrected chi connectivity index (χ2v) is 7.45. The Hall–Kier alpha value is -1.89. The summed E-state index contributed by atoms with van der Waals surface area (Å²) >= 11 is 0. The third-order valence-electron chi connectivity index (χ3n) is 2.55. The van der Waals surface area contributed by atoms with Gasteiger partial charge in [0.1, 0.15) is 5.75 Å². The Morgan fingerprint density at radius 1 is 1.19 bits per heavy atom. The van der Waals surface area contributed by atoms with Crippen molar-refractivity contribution in [1.29, 1.82) is 0 Å². The second-order valence-electron chi connectivity index (χ2n) is 5.34. The zero-order valence-electron chi connectivity index (χ0n) is 12.1. The highest BCUT2D eigenvalue weighted by molar-refractivity contribution is 7.92. The van der Waals surface area contributed by atoms with E-state index in [0.717, 1.165) is 5.56 Å². The zero-order valence-corrected chi connectivity index (χ0v) is 12.9. The van der Waals surface area contributed by atoms with Crippen molar-refractivity contribution in [2.75, 3.05) is 16.8 Å². The van der Waals surface area contributed by atoms with Crippen LogP contribution in [0.4, 0.5) is 5.69 Å². The van der Waals surface area contributed by atoms with Gasteiger partial charge in [0.25, 0.3) is 0 Å². The van der Waals surface area contributed by atoms with E-state index in [1.54, 1.807) is 38.1 Å². The van der Waals surface area contributed by atoms with E-state index in [1.165, 1.54) is 0 Å². The normalized spacial score (nSPS) is 11.4. The SMILES string of the molecule is CC(C)CS(=O)(=O)CC(=O)Nc1ccc(CC(N)=O)cc1. The molecule has 0 heterocycles. The molecule has 0 bridgehead atoms. The average Bonchev–Trinajstić information content (AvgIpc) is 2.28. The van der Waals surface area contributed by atoms with Gasteiger partial charge in [-0.3, -0.25) is 9.59 Å². The minimum absolute atomic E-state index is 0.0159. The fourth-order valence-corrected chi connectivity index (χ4v) is 3.48. The minimum Gasteiger partial charge on any atom is -0.369 e. The number of carbonyl (C=O) groups is 2. The Morgan fingerprint density at radius 3 is 2.24 bits per heavy atom. The molecule has 0 aromatic heterocycles. The van der Waals surface area contributed by atoms with Crippen LogP contribution in [0.1, 0.15) is 19.4 Å². The number of rotatable bonds is 7. The second kappa shape index (κ2) is 7.21. The van der Waals surface area contributed by atoms with E-state index >= 15 is 0 Å². The molecule has 3 N–H and O–H groups in total. The molecule has 0 aliphatic heterocycles. The quantitative estimate of drug-likeness (QED) is 0.773. The van der Waals surface area contributed by atoms with Gasteiger partial charge in [-0.15, -0.1) is 0 Å². The van der Waals surface area contributed by atoms with Crippen molar-refractivity contribution in [1.82, 2.24) is 0 Å². The third-order valence-corrected chi connectivity index (χ3v) is 4.43. The number of hydrogen-bond acceptors (Lipinski definition) is 4. The highest BCUT2D eigenvalue weighted by atomic mass is 32.2. The van der Waals surface area contributed by atoms with Crippen molar-refractivity contribution < 1.29 is 18.0 Å². The molecule has 0 aliphatic carbocycles. The summed E-state index contributed by atoms with van der Waals surface area (Å²) in [4.78, 5) is 22.5. The van der Waals surface area contributed by atoms with E-state index in [2.05, 4.69) is 5.32 Å². The van der Waals surface area contributed by atoms with Gasteiger partial charge in [-0.05, 0) is 23.6 Å². The molecule has 0 aliphatic rings. The molecule has 1 aromatic carbocycles. The van der Waals surface area contributed by atoms with Crippen molar-refractivity contribution in [3.63, 3.8) is 0 Å². The predicted molar refractivity (Wildman–Crippen MR) is 81.5 cm³/mol. The number of nitrogens with two attached hydrogens (primary N) is 1. The van der Waals surface area contributed by atoms with Crippen LogP contribution in [0.2, 0.25) is 0 Å². The van der Waals surface area contributed by atoms with Crippen LogP contribution in [-0.2, 0) is 25.8 Å². The monoisotopic (exact) mass is 312 g/mol. The van der Waals surface area contributed by atoms with E-state index in [0.29, 0.717) is 5.69 Å². The van der Waals surface area contributed by atoms with Crippen LogP contribution >= 0.6 is 0 Å². The zero-order chi connectivity index (χ0) is 16.0. The molecule has 0 saturated heterocycles. The lowest BCUT2D eigenvalue weighted by molar-refractivity contribution is -0.117. The maximum absolute atomic E-state index is 11.7. The van der Waals surface area contributed by atoms with Crippen LogP contribution < -0.4 is 11.1 Å². The van der Waals surface area contributed by atoms with Gasteiger partial charge in [0, 0.05) is 5.69 Å². The lowest BCUT2D eigenvalue weighted by atomic mass is 10.1. The number of hydrogen-bond donors (Lipinski definition) is 2. The molecule has 0 radical (unpaired) electrons. The summed E-state index contributed by atoms with van der Waals surface area (Å²) in [7, 11) is -3.40. The van der Waals surface area contributed by atoms with Crippen LogP contribution in [0.5, 0.6) is 0 Å². The molecule has 21 heavy (non-hydrogen) atoms. The number of sulfone groups is 1. The van der Waals surface area contributed by atoms with Crippen LogP contribution in [-0.4, -0.2) is 31.7 Å². The summed E-state index contributed by atoms with van der Waals surface area (Å²) < 4.78 is 23.4. The topological polar surface area (TPSA) is 106 Å². The average molecular weight is 312 g/mol. The molecule has 0 spiro atoms. The third kappa shape index (κ3) is 6.89. The van der Waals surface area contributed by atoms with Gasteiger partial charge in [0.05, 0.1) is 12.2 Å². The molecule has 1 rings (SSSR count). The molecule has 7 heteroatoms. The fourth-order valence-electron chi connectivity index (χ4n) is 1.87. The van der Waals surface area contributed by atoms with Crippen LogP contribution in [0.3, 0.4) is 0 Å². The van der Waals surface area contributed by atoms with Crippen molar-refractivity contribution >= 4 is 27.3 Å². The number of benzene rings is 1. The first-order valence-electron chi connectivity index (χ1n) is 6.55. The summed E-state index contributed by atoms with van der Waals surface area (Å²) in [5.41, 5.74) is 6.29. The van der Waals surface area contributed by atoms with Gasteiger partial charge in [-0.2, -0.15) is 0 Å². The summed E-state index contributed by atoms with van der Waals surface area (Å²) in [6.07, 6.45) is 0.122. The number of carbonyl (C=O) groups excluding carboxylic acids is 2. The first-order chi connectivity index (χ1) is 9.68. The Morgan fingerprint density at radius 2 is 1.76 bits per heavy atom. The Balaban J connectivity index is 2.61. The smallest absolute Gasteiger partial charge is 0.239 e. The van der Waals surface area contributed by atoms with Crippen molar-refractivity contribution in [3.05, 3.63) is 29.8 Å². The Bertz CT molecular complexity index is 606. The lowest BCUT2D eigenvalue weighted by Crippen LogP contribution is -2.26. The van der Waals surface area contributed by atoms with Gasteiger partial charge in [0.15, 0.2) is 9.84 Å². The molecular weight excluding hydrogens is 292 g/mol. The number of nitrogens with one attached hydrogen (secondary N) is 1. The highest BCUT2D eigenvalue weighted by Crippen LogP contribution is 2.10. The summed E-state index contributed by atoms with van der Waals surface area (Å²) in [6.45, 7) is 3.57. The number of anilines is 1. The lowest BCUT2D eigenvalue weighted by Gasteiger charge is -2.08. The van der Waals surface area contributed by atoms with Crippen molar-refractivity contribution in [2.45, 2.75) is 20.3 Å². The van der Waals surface area contributed by atoms with Crippen LogP contribution in [0, 0.1) is 5.92 Å². The summed E-state index contributed by atoms with van der Waals surface area (Å²) in [5.74, 6) is -1.58. The summed E-state index contributed by atoms with van der Waals surface area (Å²) in [6, 6.07) is 6.52. The minimum atomic E-state index is -3.40. The molecule has 2 amide bonds. The van der Waals surface area contributed by atoms with Gasteiger partial charge >= 0.3 is 0 Å². The van der Waals surface area contributed by atoms with Crippen LogP contribution in [0.15, 0.2) is 24.3 Å². The van der Waals surface area contributed by atoms with Gasteiger partial charge < -0.3 is 11.1 Å². The van der Waals surface area contributed by atoms with Gasteiger partial charge in [-0.1, -0.05) is 26.0 Å². The molecule has 0 atom stereocenters. The summed E-state index contributed by atoms with van der Waals surface area (Å²) in [5, 5.41) is 2.52. The van der Waals surface area contributed by atoms with E-state index in [-0.39, 0.29) is 18.1 Å². The molecule has 0 saturated carbocycles. The Kier molecular flexibility index (Phi) is 5.90. The molecule has 1 aromatic rings. The number of amides is 2. The number of primary amides is 1. The molecule has 0 fully saturated rings. The van der Waals surface area contributed by atoms with Gasteiger partial charge in [0.2, 0.25) is 11.8 Å². The first-order valence-corrected chi connectivity index (χ1v) is 8.37. The standard InChI is InChI=1S/C14H20N2O4S/c1-10(2)8-21(19,20)9-14(18)16-12-5-3-11(4-6-12)7-13(15)17/h3-6,10H,7-9H2,1-2H3,(H2,15,17)(H,16,18). The highest BCUT2D eigenvalue weighted by Gasteiger charge is 2.18. The van der Waals surface area contributed by atoms with E-state index in [9.17, 15) is 18.0 Å². The van der Waals surface area contributed by atoms with Crippen molar-refractivity contribution in [2.24, 2.45) is 11.7 Å². The maximum Gasteiger partial charge on any atom is 0.239 e. The predicted octanol–water partition coefficient (Wildman–Crippen LogP) is 0.724. The van der Waals surface area contributed by atoms with E-state index < -0.39 is 27.4 Å². The van der Waals surface area contributed by atoms with Crippen molar-refractivity contribution in [3.8, 4) is 0 Å². The fraction of sp³-hybridized carbons (Fsp3) is 0.429. The largest absolute Gasteiger partial charge is 0.369 e. The molecule has 116 valence electrons. The molecular formula is C14H20N2O4S.